The molecule has 0 unspecified atom stereocenters. The van der Waals surface area contributed by atoms with Crippen LogP contribution in [0.2, 0.25) is 0 Å². The van der Waals surface area contributed by atoms with E-state index in [-0.39, 0.29) is 12.5 Å². The molecular formula is C18H26N4O2. The molecule has 0 spiro atoms. The van der Waals surface area contributed by atoms with Crippen LogP contribution in [0.5, 0.6) is 0 Å². The molecule has 24 heavy (non-hydrogen) atoms. The Kier molecular flexibility index (Phi) is 6.96. The lowest BCUT2D eigenvalue weighted by molar-refractivity contribution is -0.118. The number of likely N-dealkylation sites (N-methyl/N-ethyl adjacent to an activating group) is 1. The fourth-order valence-corrected chi connectivity index (χ4v) is 2.80. The summed E-state index contributed by atoms with van der Waals surface area (Å²) in [6, 6.07) is 8.41. The second kappa shape index (κ2) is 9.20. The van der Waals surface area contributed by atoms with Gasteiger partial charge in [0.1, 0.15) is 5.70 Å². The molecule has 0 saturated carbocycles. The maximum atomic E-state index is 12.0. The second-order valence-electron chi connectivity index (χ2n) is 5.86. The molecule has 0 fully saturated rings. The van der Waals surface area contributed by atoms with Crippen molar-refractivity contribution >= 4 is 12.1 Å². The van der Waals surface area contributed by atoms with Crippen molar-refractivity contribution in [3.05, 3.63) is 47.2 Å². The van der Waals surface area contributed by atoms with E-state index in [1.165, 1.54) is 11.1 Å². The molecule has 0 saturated heterocycles. The Hall–Kier alpha value is -2.18. The number of rotatable bonds is 7. The van der Waals surface area contributed by atoms with Gasteiger partial charge in [-0.1, -0.05) is 24.3 Å². The number of nitrogens with one attached hydrogen (secondary N) is 2. The van der Waals surface area contributed by atoms with Gasteiger partial charge in [0.05, 0.1) is 6.10 Å². The molecule has 0 radical (unpaired) electrons. The third-order valence-electron chi connectivity index (χ3n) is 4.08. The van der Waals surface area contributed by atoms with Gasteiger partial charge in [-0.2, -0.15) is 0 Å². The van der Waals surface area contributed by atoms with Gasteiger partial charge in [0, 0.05) is 46.5 Å². The van der Waals surface area contributed by atoms with E-state index in [1.807, 2.05) is 6.07 Å². The minimum Gasteiger partial charge on any atom is -0.390 e. The van der Waals surface area contributed by atoms with E-state index in [0.717, 1.165) is 19.5 Å². The molecule has 1 aliphatic rings. The Balaban J connectivity index is 1.79. The highest BCUT2D eigenvalue weighted by atomic mass is 16.3. The molecular weight excluding hydrogens is 304 g/mol. The summed E-state index contributed by atoms with van der Waals surface area (Å²) >= 11 is 0. The van der Waals surface area contributed by atoms with Crippen molar-refractivity contribution in [3.8, 4) is 0 Å². The zero-order valence-corrected chi connectivity index (χ0v) is 14.3. The van der Waals surface area contributed by atoms with Crippen molar-refractivity contribution in [2.75, 3.05) is 33.7 Å². The van der Waals surface area contributed by atoms with Gasteiger partial charge in [-0.25, -0.2) is 0 Å². The van der Waals surface area contributed by atoms with Crippen LogP contribution >= 0.6 is 0 Å². The Labute approximate surface area is 143 Å². The predicted octanol–water partition coefficient (Wildman–Crippen LogP) is 0.326. The maximum Gasteiger partial charge on any atom is 0.267 e. The quantitative estimate of drug-likeness (QED) is 0.497. The molecule has 0 aliphatic carbocycles. The van der Waals surface area contributed by atoms with E-state index in [9.17, 15) is 9.90 Å². The Bertz CT molecular complexity index is 613. The van der Waals surface area contributed by atoms with Gasteiger partial charge in [0.25, 0.3) is 5.91 Å². The third-order valence-corrected chi connectivity index (χ3v) is 4.08. The second-order valence-corrected chi connectivity index (χ2v) is 5.86. The zero-order chi connectivity index (χ0) is 17.4. The first-order chi connectivity index (χ1) is 11.6. The summed E-state index contributed by atoms with van der Waals surface area (Å²) in [6.45, 7) is 2.54. The standard InChI is InChI=1S/C18H26N4O2/c1-19-9-7-17(20-2)18(24)21-11-16(23)13-22-10-8-14-5-3-4-6-15(14)12-22/h3-7,9,16,20,23H,8,10-13H2,1-2H3,(H,21,24)/t16-/m1/s1. The third kappa shape index (κ3) is 5.18. The number of hydrogen-bond acceptors (Lipinski definition) is 5. The molecule has 2 rings (SSSR count). The molecule has 1 atom stereocenters. The van der Waals surface area contributed by atoms with Crippen LogP contribution in [0.1, 0.15) is 11.1 Å². The molecule has 0 aromatic heterocycles. The number of fused-ring (bicyclic) bond motifs is 1. The van der Waals surface area contributed by atoms with Gasteiger partial charge < -0.3 is 15.7 Å². The summed E-state index contributed by atoms with van der Waals surface area (Å²) in [6.07, 6.45) is 3.55. The van der Waals surface area contributed by atoms with Crippen LogP contribution < -0.4 is 10.6 Å². The van der Waals surface area contributed by atoms with Crippen LogP contribution in [0.25, 0.3) is 0 Å². The molecule has 6 heteroatoms. The van der Waals surface area contributed by atoms with E-state index < -0.39 is 6.10 Å². The lowest BCUT2D eigenvalue weighted by atomic mass is 10.00. The average molecular weight is 330 g/mol. The van der Waals surface area contributed by atoms with Gasteiger partial charge in [0.15, 0.2) is 0 Å². The van der Waals surface area contributed by atoms with Crippen molar-refractivity contribution in [2.24, 2.45) is 4.99 Å². The van der Waals surface area contributed by atoms with Crippen LogP contribution in [0, 0.1) is 0 Å². The van der Waals surface area contributed by atoms with Crippen molar-refractivity contribution in [2.45, 2.75) is 19.1 Å². The first-order valence-electron chi connectivity index (χ1n) is 8.19. The van der Waals surface area contributed by atoms with E-state index in [1.54, 1.807) is 26.4 Å². The highest BCUT2D eigenvalue weighted by Crippen LogP contribution is 2.18. The number of hydrogen-bond donors (Lipinski definition) is 3. The molecule has 130 valence electrons. The molecule has 1 heterocycles. The van der Waals surface area contributed by atoms with Crippen LogP contribution in [0.4, 0.5) is 0 Å². The Morgan fingerprint density at radius 1 is 1.42 bits per heavy atom. The summed E-state index contributed by atoms with van der Waals surface area (Å²) in [5.41, 5.74) is 3.12. The van der Waals surface area contributed by atoms with Gasteiger partial charge in [0.2, 0.25) is 0 Å². The minimum absolute atomic E-state index is 0.221. The number of nitrogens with zero attached hydrogens (tertiary/aromatic N) is 2. The summed E-state index contributed by atoms with van der Waals surface area (Å²) in [7, 11) is 3.32. The number of aliphatic hydroxyl groups is 1. The Morgan fingerprint density at radius 2 is 2.17 bits per heavy atom. The maximum absolute atomic E-state index is 12.0. The van der Waals surface area contributed by atoms with Crippen molar-refractivity contribution in [1.29, 1.82) is 0 Å². The first-order valence-corrected chi connectivity index (χ1v) is 8.19. The number of aliphatic imine (C=N–C) groups is 1. The normalized spacial score (nSPS) is 16.7. The summed E-state index contributed by atoms with van der Waals surface area (Å²) in [5.74, 6) is -0.250. The SMILES string of the molecule is CN=CC=C(NC)C(=O)NC[C@@H](O)CN1CCc2ccccc2C1. The van der Waals surface area contributed by atoms with E-state index in [0.29, 0.717) is 12.2 Å². The van der Waals surface area contributed by atoms with E-state index in [4.69, 9.17) is 0 Å². The molecule has 6 nitrogen and oxygen atoms in total. The van der Waals surface area contributed by atoms with Crippen LogP contribution in [0.3, 0.4) is 0 Å². The number of allylic oxidation sites excluding steroid dienone is 1. The number of β-amino-alcohol motifs (C(OH)–C–C–N with tert-alkyl or cyclic N) is 1. The lowest BCUT2D eigenvalue weighted by Gasteiger charge is -2.30. The number of benzene rings is 1. The summed E-state index contributed by atoms with van der Waals surface area (Å²) in [4.78, 5) is 18.1. The van der Waals surface area contributed by atoms with Crippen molar-refractivity contribution < 1.29 is 9.90 Å². The van der Waals surface area contributed by atoms with Gasteiger partial charge >= 0.3 is 0 Å². The van der Waals surface area contributed by atoms with Crippen molar-refractivity contribution in [3.63, 3.8) is 0 Å². The first kappa shape index (κ1) is 18.2. The van der Waals surface area contributed by atoms with Gasteiger partial charge in [-0.3, -0.25) is 14.7 Å². The van der Waals surface area contributed by atoms with Crippen molar-refractivity contribution in [1.82, 2.24) is 15.5 Å². The largest absolute Gasteiger partial charge is 0.390 e. The monoisotopic (exact) mass is 330 g/mol. The van der Waals surface area contributed by atoms with Crippen LogP contribution in [-0.2, 0) is 17.8 Å². The molecule has 1 aliphatic heterocycles. The smallest absolute Gasteiger partial charge is 0.267 e. The Morgan fingerprint density at radius 3 is 2.88 bits per heavy atom. The minimum atomic E-state index is -0.600. The lowest BCUT2D eigenvalue weighted by Crippen LogP contribution is -2.43. The summed E-state index contributed by atoms with van der Waals surface area (Å²) in [5, 5.41) is 15.8. The van der Waals surface area contributed by atoms with E-state index in [2.05, 4.69) is 38.7 Å². The molecule has 1 aromatic rings. The average Bonchev–Trinajstić information content (AvgIpc) is 2.60. The predicted molar refractivity (Wildman–Crippen MR) is 96.0 cm³/mol. The van der Waals surface area contributed by atoms with Gasteiger partial charge in [-0.05, 0) is 23.6 Å². The number of aliphatic hydroxyl groups excluding tert-OH is 1. The van der Waals surface area contributed by atoms with E-state index >= 15 is 0 Å². The topological polar surface area (TPSA) is 77.0 Å². The molecule has 0 bridgehead atoms. The molecule has 1 amide bonds. The molecule has 3 N–H and O–H groups in total. The highest BCUT2D eigenvalue weighted by Gasteiger charge is 2.19. The number of carbonyl (C=O) groups is 1. The zero-order valence-electron chi connectivity index (χ0n) is 14.3. The van der Waals surface area contributed by atoms with Crippen LogP contribution in [-0.4, -0.2) is 62.0 Å². The highest BCUT2D eigenvalue weighted by molar-refractivity contribution is 5.96. The number of carbonyl (C=O) groups excluding carboxylic acids is 1. The number of amides is 1. The van der Waals surface area contributed by atoms with Crippen LogP contribution in [0.15, 0.2) is 41.0 Å². The summed E-state index contributed by atoms with van der Waals surface area (Å²) < 4.78 is 0. The fourth-order valence-electron chi connectivity index (χ4n) is 2.80. The molecule has 1 aromatic carbocycles. The fraction of sp³-hybridized carbons (Fsp3) is 0.444. The van der Waals surface area contributed by atoms with Gasteiger partial charge in [-0.15, -0.1) is 0 Å².